The molecule has 2 heterocycles. The number of nitrogens with one attached hydrogen (secondary N) is 2. The predicted octanol–water partition coefficient (Wildman–Crippen LogP) is 4.50. The second-order valence-corrected chi connectivity index (χ2v) is 5.34. The summed E-state index contributed by atoms with van der Waals surface area (Å²) in [6.45, 7) is 0. The van der Waals surface area contributed by atoms with Crippen molar-refractivity contribution < 1.29 is 0 Å². The zero-order chi connectivity index (χ0) is 13.9. The van der Waals surface area contributed by atoms with Gasteiger partial charge in [-0.25, -0.2) is 0 Å². The summed E-state index contributed by atoms with van der Waals surface area (Å²) in [7, 11) is 0. The first-order valence-electron chi connectivity index (χ1n) is 5.76. The van der Waals surface area contributed by atoms with E-state index in [0.717, 1.165) is 4.88 Å². The zero-order valence-electron chi connectivity index (χ0n) is 10.1. The Morgan fingerprint density at radius 3 is 2.75 bits per heavy atom. The third-order valence-electron chi connectivity index (χ3n) is 2.59. The van der Waals surface area contributed by atoms with Crippen molar-refractivity contribution >= 4 is 34.3 Å². The SMILES string of the molecule is O=c1[nH][nH]c(-c2cccs2)c1N=Nc1cccc(Cl)c1. The van der Waals surface area contributed by atoms with Gasteiger partial charge in [0, 0.05) is 5.02 Å². The number of aromatic nitrogens is 2. The third kappa shape index (κ3) is 2.56. The maximum Gasteiger partial charge on any atom is 0.292 e. The van der Waals surface area contributed by atoms with Crippen molar-refractivity contribution in [3.8, 4) is 10.6 Å². The summed E-state index contributed by atoms with van der Waals surface area (Å²) in [4.78, 5) is 12.7. The number of halogens is 1. The molecule has 0 aliphatic carbocycles. The maximum absolute atomic E-state index is 11.8. The molecule has 20 heavy (non-hydrogen) atoms. The topological polar surface area (TPSA) is 73.4 Å². The van der Waals surface area contributed by atoms with Crippen LogP contribution >= 0.6 is 22.9 Å². The van der Waals surface area contributed by atoms with Gasteiger partial charge < -0.3 is 0 Å². The molecule has 0 aliphatic heterocycles. The largest absolute Gasteiger partial charge is 0.294 e. The lowest BCUT2D eigenvalue weighted by Crippen LogP contribution is -1.96. The second-order valence-electron chi connectivity index (χ2n) is 3.96. The molecule has 0 unspecified atom stereocenters. The second kappa shape index (κ2) is 5.44. The first kappa shape index (κ1) is 12.8. The van der Waals surface area contributed by atoms with Crippen molar-refractivity contribution in [2.45, 2.75) is 0 Å². The van der Waals surface area contributed by atoms with E-state index in [0.29, 0.717) is 16.4 Å². The lowest BCUT2D eigenvalue weighted by Gasteiger charge is -1.94. The number of nitrogens with zero attached hydrogens (tertiary/aromatic N) is 2. The highest BCUT2D eigenvalue weighted by molar-refractivity contribution is 7.13. The molecule has 0 saturated carbocycles. The molecule has 1 aromatic carbocycles. The molecular formula is C13H9ClN4OS. The Bertz CT molecular complexity index is 804. The Morgan fingerprint density at radius 1 is 1.10 bits per heavy atom. The molecule has 0 aliphatic rings. The molecule has 5 nitrogen and oxygen atoms in total. The normalized spacial score (nSPS) is 11.2. The fourth-order valence-electron chi connectivity index (χ4n) is 1.69. The Hall–Kier alpha value is -2.18. The van der Waals surface area contributed by atoms with E-state index >= 15 is 0 Å². The molecule has 0 spiro atoms. The van der Waals surface area contributed by atoms with E-state index in [9.17, 15) is 4.79 Å². The zero-order valence-corrected chi connectivity index (χ0v) is 11.7. The first-order valence-corrected chi connectivity index (χ1v) is 7.01. The average molecular weight is 305 g/mol. The smallest absolute Gasteiger partial charge is 0.292 e. The Morgan fingerprint density at radius 2 is 2.00 bits per heavy atom. The molecule has 2 aromatic heterocycles. The molecule has 7 heteroatoms. The summed E-state index contributed by atoms with van der Waals surface area (Å²) >= 11 is 7.39. The van der Waals surface area contributed by atoms with Gasteiger partial charge in [0.2, 0.25) is 0 Å². The van der Waals surface area contributed by atoms with Gasteiger partial charge >= 0.3 is 0 Å². The molecule has 0 bridgehead atoms. The lowest BCUT2D eigenvalue weighted by atomic mass is 10.3. The van der Waals surface area contributed by atoms with Crippen molar-refractivity contribution in [1.29, 1.82) is 0 Å². The number of hydrogen-bond donors (Lipinski definition) is 2. The lowest BCUT2D eigenvalue weighted by molar-refractivity contribution is 1.06. The van der Waals surface area contributed by atoms with Crippen molar-refractivity contribution in [2.24, 2.45) is 10.2 Å². The molecule has 0 amide bonds. The van der Waals surface area contributed by atoms with Gasteiger partial charge in [0.05, 0.1) is 10.6 Å². The molecule has 3 aromatic rings. The highest BCUT2D eigenvalue weighted by atomic mass is 35.5. The summed E-state index contributed by atoms with van der Waals surface area (Å²) in [5.41, 5.74) is 1.18. The van der Waals surface area contributed by atoms with E-state index in [1.54, 1.807) is 24.3 Å². The molecule has 0 radical (unpaired) electrons. The number of thiophene rings is 1. The van der Waals surface area contributed by atoms with Crippen LogP contribution in [0.5, 0.6) is 0 Å². The quantitative estimate of drug-likeness (QED) is 0.687. The minimum absolute atomic E-state index is 0.257. The fourth-order valence-corrected chi connectivity index (χ4v) is 2.60. The highest BCUT2D eigenvalue weighted by Crippen LogP contribution is 2.30. The number of rotatable bonds is 3. The number of azo groups is 1. The van der Waals surface area contributed by atoms with E-state index < -0.39 is 0 Å². The van der Waals surface area contributed by atoms with E-state index in [1.165, 1.54) is 11.3 Å². The molecule has 100 valence electrons. The minimum Gasteiger partial charge on any atom is -0.294 e. The van der Waals surface area contributed by atoms with Gasteiger partial charge in [-0.15, -0.1) is 16.5 Å². The van der Waals surface area contributed by atoms with E-state index in [2.05, 4.69) is 20.4 Å². The van der Waals surface area contributed by atoms with Crippen molar-refractivity contribution in [3.63, 3.8) is 0 Å². The van der Waals surface area contributed by atoms with Crippen LogP contribution in [-0.2, 0) is 0 Å². The molecule has 3 rings (SSSR count). The van der Waals surface area contributed by atoms with Crippen LogP contribution in [0.4, 0.5) is 11.4 Å². The van der Waals surface area contributed by atoms with Crippen LogP contribution in [0.25, 0.3) is 10.6 Å². The van der Waals surface area contributed by atoms with Crippen LogP contribution in [0, 0.1) is 0 Å². The summed E-state index contributed by atoms with van der Waals surface area (Å²) < 4.78 is 0. The summed E-state index contributed by atoms with van der Waals surface area (Å²) in [5.74, 6) is 0. The highest BCUT2D eigenvalue weighted by Gasteiger charge is 2.12. The van der Waals surface area contributed by atoms with Gasteiger partial charge in [-0.2, -0.15) is 5.11 Å². The van der Waals surface area contributed by atoms with Crippen LogP contribution in [0.1, 0.15) is 0 Å². The van der Waals surface area contributed by atoms with Crippen molar-refractivity contribution in [2.75, 3.05) is 0 Å². The minimum atomic E-state index is -0.306. The molecular weight excluding hydrogens is 296 g/mol. The number of aromatic amines is 2. The summed E-state index contributed by atoms with van der Waals surface area (Å²) in [6.07, 6.45) is 0. The molecule has 0 atom stereocenters. The molecule has 0 fully saturated rings. The fraction of sp³-hybridized carbons (Fsp3) is 0. The van der Waals surface area contributed by atoms with Crippen molar-refractivity contribution in [3.05, 3.63) is 57.2 Å². The molecule has 2 N–H and O–H groups in total. The number of benzene rings is 1. The van der Waals surface area contributed by atoms with Gasteiger partial charge in [0.1, 0.15) is 5.69 Å². The van der Waals surface area contributed by atoms with Crippen molar-refractivity contribution in [1.82, 2.24) is 10.2 Å². The van der Waals surface area contributed by atoms with E-state index in [-0.39, 0.29) is 11.2 Å². The average Bonchev–Trinajstić information content (AvgIpc) is 3.06. The maximum atomic E-state index is 11.8. The summed E-state index contributed by atoms with van der Waals surface area (Å²) in [6, 6.07) is 10.8. The van der Waals surface area contributed by atoms with Crippen LogP contribution < -0.4 is 5.56 Å². The van der Waals surface area contributed by atoms with Crippen LogP contribution in [0.3, 0.4) is 0 Å². The van der Waals surface area contributed by atoms with Crippen LogP contribution in [0.15, 0.2) is 56.8 Å². The van der Waals surface area contributed by atoms with Gasteiger partial charge in [-0.05, 0) is 29.6 Å². The third-order valence-corrected chi connectivity index (χ3v) is 3.72. The van der Waals surface area contributed by atoms with E-state index in [4.69, 9.17) is 11.6 Å². The van der Waals surface area contributed by atoms with Gasteiger partial charge in [0.15, 0.2) is 5.69 Å². The monoisotopic (exact) mass is 304 g/mol. The van der Waals surface area contributed by atoms with Crippen LogP contribution in [-0.4, -0.2) is 10.2 Å². The number of hydrogen-bond acceptors (Lipinski definition) is 4. The van der Waals surface area contributed by atoms with Gasteiger partial charge in [0.25, 0.3) is 5.56 Å². The molecule has 0 saturated heterocycles. The Balaban J connectivity index is 1.99. The van der Waals surface area contributed by atoms with Gasteiger partial charge in [-0.1, -0.05) is 23.7 Å². The van der Waals surface area contributed by atoms with E-state index in [1.807, 2.05) is 17.5 Å². The van der Waals surface area contributed by atoms with Crippen LogP contribution in [0.2, 0.25) is 5.02 Å². The number of H-pyrrole nitrogens is 2. The first-order chi connectivity index (χ1) is 9.74. The standard InChI is InChI=1S/C13H9ClN4OS/c14-8-3-1-4-9(7-8)15-17-12-11(16-18-13(12)19)10-5-2-6-20-10/h1-7H,(H2,16,18,19). The Labute approximate surface area is 122 Å². The Kier molecular flexibility index (Phi) is 3.49. The predicted molar refractivity (Wildman–Crippen MR) is 80.4 cm³/mol. The van der Waals surface area contributed by atoms with Gasteiger partial charge in [-0.3, -0.25) is 15.0 Å². The summed E-state index contributed by atoms with van der Waals surface area (Å²) in [5, 5.41) is 15.9.